The minimum Gasteiger partial charge on any atom is -0.497 e. The maximum atomic E-state index is 13.7. The average Bonchev–Trinajstić information content (AvgIpc) is 2.92. The number of benzene rings is 3. The molecule has 1 aliphatic carbocycles. The van der Waals surface area contributed by atoms with Gasteiger partial charge in [0.05, 0.1) is 7.11 Å². The fraction of sp³-hybridized carbons (Fsp3) is 0.419. The molecule has 0 spiro atoms. The number of amides is 2. The number of methoxy groups -OCH3 is 1. The summed E-state index contributed by atoms with van der Waals surface area (Å²) in [5.41, 5.74) is 2.11. The van der Waals surface area contributed by atoms with Crippen LogP contribution in [-0.2, 0) is 22.6 Å². The molecule has 1 fully saturated rings. The van der Waals surface area contributed by atoms with Crippen LogP contribution in [0.25, 0.3) is 10.8 Å². The van der Waals surface area contributed by atoms with Crippen LogP contribution in [0.15, 0.2) is 66.7 Å². The van der Waals surface area contributed by atoms with Gasteiger partial charge in [0.15, 0.2) is 0 Å². The number of nitrogens with one attached hydrogen (secondary N) is 1. The molecule has 0 aromatic heterocycles. The molecule has 4 rings (SSSR count). The number of carbonyl (C=O) groups is 2. The van der Waals surface area contributed by atoms with Crippen LogP contribution in [0.1, 0.15) is 63.0 Å². The third-order valence-corrected chi connectivity index (χ3v) is 7.31. The number of fused-ring (bicyclic) bond motifs is 1. The lowest BCUT2D eigenvalue weighted by molar-refractivity contribution is -0.141. The Kier molecular flexibility index (Phi) is 8.99. The molecule has 36 heavy (non-hydrogen) atoms. The Hall–Kier alpha value is -3.34. The van der Waals surface area contributed by atoms with Crippen molar-refractivity contribution in [2.24, 2.45) is 0 Å². The fourth-order valence-corrected chi connectivity index (χ4v) is 5.33. The zero-order valence-electron chi connectivity index (χ0n) is 21.5. The Balaban J connectivity index is 1.54. The first-order chi connectivity index (χ1) is 17.6. The van der Waals surface area contributed by atoms with E-state index in [0.717, 1.165) is 42.6 Å². The van der Waals surface area contributed by atoms with Crippen LogP contribution in [-0.4, -0.2) is 35.9 Å². The zero-order valence-corrected chi connectivity index (χ0v) is 21.5. The summed E-state index contributed by atoms with van der Waals surface area (Å²) < 4.78 is 5.40. The van der Waals surface area contributed by atoms with E-state index in [0.29, 0.717) is 25.8 Å². The molecule has 5 nitrogen and oxygen atoms in total. The van der Waals surface area contributed by atoms with E-state index in [1.807, 2.05) is 49.4 Å². The largest absolute Gasteiger partial charge is 0.497 e. The molecule has 0 saturated heterocycles. The summed E-state index contributed by atoms with van der Waals surface area (Å²) in [6.45, 7) is 2.36. The van der Waals surface area contributed by atoms with E-state index in [-0.39, 0.29) is 17.9 Å². The van der Waals surface area contributed by atoms with Gasteiger partial charge in [0.2, 0.25) is 11.8 Å². The number of rotatable bonds is 10. The molecular weight excluding hydrogens is 448 g/mol. The molecule has 5 heteroatoms. The maximum Gasteiger partial charge on any atom is 0.243 e. The zero-order chi connectivity index (χ0) is 25.3. The van der Waals surface area contributed by atoms with Crippen LogP contribution < -0.4 is 10.1 Å². The van der Waals surface area contributed by atoms with Crippen molar-refractivity contribution in [3.8, 4) is 5.75 Å². The van der Waals surface area contributed by atoms with Crippen molar-refractivity contribution < 1.29 is 14.3 Å². The highest BCUT2D eigenvalue weighted by Gasteiger charge is 2.30. The lowest BCUT2D eigenvalue weighted by atomic mass is 9.95. The van der Waals surface area contributed by atoms with Gasteiger partial charge in [-0.2, -0.15) is 0 Å². The SMILES string of the molecule is CCC(C(=O)NC1CCCCC1)N(Cc1cccc(OC)c1)C(=O)CCc1cccc2ccccc12. The summed E-state index contributed by atoms with van der Waals surface area (Å²) in [6, 6.07) is 22.0. The van der Waals surface area contributed by atoms with Gasteiger partial charge >= 0.3 is 0 Å². The molecule has 1 unspecified atom stereocenters. The minimum absolute atomic E-state index is 0.00333. The predicted molar refractivity (Wildman–Crippen MR) is 145 cm³/mol. The molecule has 0 radical (unpaired) electrons. The number of hydrogen-bond acceptors (Lipinski definition) is 3. The van der Waals surface area contributed by atoms with Crippen molar-refractivity contribution in [3.63, 3.8) is 0 Å². The summed E-state index contributed by atoms with van der Waals surface area (Å²) in [4.78, 5) is 28.9. The van der Waals surface area contributed by atoms with Crippen molar-refractivity contribution in [1.29, 1.82) is 0 Å². The van der Waals surface area contributed by atoms with Crippen LogP contribution in [0.5, 0.6) is 5.75 Å². The first kappa shape index (κ1) is 25.7. The van der Waals surface area contributed by atoms with Crippen LogP contribution in [0.3, 0.4) is 0 Å². The Morgan fingerprint density at radius 3 is 2.53 bits per heavy atom. The van der Waals surface area contributed by atoms with Gasteiger partial charge in [-0.15, -0.1) is 0 Å². The van der Waals surface area contributed by atoms with E-state index in [9.17, 15) is 9.59 Å². The average molecular weight is 487 g/mol. The molecule has 0 bridgehead atoms. The highest BCUT2D eigenvalue weighted by atomic mass is 16.5. The van der Waals surface area contributed by atoms with E-state index in [1.165, 1.54) is 17.2 Å². The smallest absolute Gasteiger partial charge is 0.243 e. The summed E-state index contributed by atoms with van der Waals surface area (Å²) in [7, 11) is 1.64. The maximum absolute atomic E-state index is 13.7. The van der Waals surface area contributed by atoms with Gasteiger partial charge in [-0.05, 0) is 59.7 Å². The number of hydrogen-bond donors (Lipinski definition) is 1. The van der Waals surface area contributed by atoms with Gasteiger partial charge < -0.3 is 15.0 Å². The highest BCUT2D eigenvalue weighted by Crippen LogP contribution is 2.23. The van der Waals surface area contributed by atoms with E-state index in [1.54, 1.807) is 12.0 Å². The summed E-state index contributed by atoms with van der Waals surface area (Å²) >= 11 is 0. The summed E-state index contributed by atoms with van der Waals surface area (Å²) in [5, 5.41) is 5.60. The molecule has 0 aliphatic heterocycles. The van der Waals surface area contributed by atoms with Crippen molar-refractivity contribution in [3.05, 3.63) is 77.9 Å². The molecule has 1 N–H and O–H groups in total. The highest BCUT2D eigenvalue weighted by molar-refractivity contribution is 5.89. The summed E-state index contributed by atoms with van der Waals surface area (Å²) in [5.74, 6) is 0.706. The number of ether oxygens (including phenoxy) is 1. The Morgan fingerprint density at radius 2 is 1.75 bits per heavy atom. The first-order valence-corrected chi connectivity index (χ1v) is 13.3. The number of aryl methyl sites for hydroxylation is 1. The Bertz CT molecular complexity index is 1160. The number of nitrogens with zero attached hydrogens (tertiary/aromatic N) is 1. The van der Waals surface area contributed by atoms with Crippen LogP contribution >= 0.6 is 0 Å². The lowest BCUT2D eigenvalue weighted by Gasteiger charge is -2.33. The minimum atomic E-state index is -0.502. The second-order valence-corrected chi connectivity index (χ2v) is 9.78. The summed E-state index contributed by atoms with van der Waals surface area (Å²) in [6.07, 6.45) is 7.14. The monoisotopic (exact) mass is 486 g/mol. The Labute approximate surface area is 214 Å². The van der Waals surface area contributed by atoms with Gasteiger partial charge in [0.25, 0.3) is 0 Å². The topological polar surface area (TPSA) is 58.6 Å². The van der Waals surface area contributed by atoms with Crippen molar-refractivity contribution in [2.45, 2.75) is 76.9 Å². The van der Waals surface area contributed by atoms with E-state index < -0.39 is 6.04 Å². The predicted octanol–water partition coefficient (Wildman–Crippen LogP) is 6.04. The molecule has 190 valence electrons. The van der Waals surface area contributed by atoms with Crippen LogP contribution in [0.2, 0.25) is 0 Å². The molecule has 3 aromatic rings. The molecular formula is C31H38N2O3. The Morgan fingerprint density at radius 1 is 1.00 bits per heavy atom. The second kappa shape index (κ2) is 12.6. The lowest BCUT2D eigenvalue weighted by Crippen LogP contribution is -2.51. The van der Waals surface area contributed by atoms with E-state index in [2.05, 4.69) is 29.6 Å². The quantitative estimate of drug-likeness (QED) is 0.380. The molecule has 1 atom stereocenters. The molecule has 2 amide bonds. The van der Waals surface area contributed by atoms with Crippen molar-refractivity contribution in [2.75, 3.05) is 7.11 Å². The third kappa shape index (κ3) is 6.45. The van der Waals surface area contributed by atoms with Crippen LogP contribution in [0.4, 0.5) is 0 Å². The van der Waals surface area contributed by atoms with Gasteiger partial charge in [0, 0.05) is 19.0 Å². The molecule has 0 heterocycles. The van der Waals surface area contributed by atoms with E-state index >= 15 is 0 Å². The molecule has 1 aliphatic rings. The first-order valence-electron chi connectivity index (χ1n) is 13.3. The van der Waals surface area contributed by atoms with Crippen molar-refractivity contribution >= 4 is 22.6 Å². The third-order valence-electron chi connectivity index (χ3n) is 7.31. The fourth-order valence-electron chi connectivity index (χ4n) is 5.33. The van der Waals surface area contributed by atoms with Crippen molar-refractivity contribution in [1.82, 2.24) is 10.2 Å². The second-order valence-electron chi connectivity index (χ2n) is 9.78. The van der Waals surface area contributed by atoms with E-state index in [4.69, 9.17) is 4.74 Å². The molecule has 3 aromatic carbocycles. The normalized spacial score (nSPS) is 14.8. The standard InChI is InChI=1S/C31H38N2O3/c1-3-29(31(35)32-26-15-5-4-6-16-26)33(22-23-11-9-17-27(21-23)36-2)30(34)20-19-25-14-10-13-24-12-7-8-18-28(24)25/h7-14,17-18,21,26,29H,3-6,15-16,19-20,22H2,1-2H3,(H,32,35). The van der Waals surface area contributed by atoms with Gasteiger partial charge in [-0.3, -0.25) is 9.59 Å². The van der Waals surface area contributed by atoms with Gasteiger partial charge in [-0.1, -0.05) is 80.8 Å². The van der Waals surface area contributed by atoms with Gasteiger partial charge in [0.1, 0.15) is 11.8 Å². The van der Waals surface area contributed by atoms with Crippen LogP contribution in [0, 0.1) is 0 Å². The van der Waals surface area contributed by atoms with Gasteiger partial charge in [-0.25, -0.2) is 0 Å². The number of carbonyl (C=O) groups excluding carboxylic acids is 2. The molecule has 1 saturated carbocycles.